The van der Waals surface area contributed by atoms with Crippen molar-refractivity contribution in [2.45, 2.75) is 20.8 Å². The molecule has 1 aliphatic heterocycles. The van der Waals surface area contributed by atoms with Crippen LogP contribution in [0, 0.1) is 0 Å². The summed E-state index contributed by atoms with van der Waals surface area (Å²) in [4.78, 5) is 15.1. The monoisotopic (exact) mass is 367 g/mol. The molecule has 3 rings (SSSR count). The first kappa shape index (κ1) is 18.2. The zero-order valence-electron chi connectivity index (χ0n) is 15.2. The van der Waals surface area contributed by atoms with Crippen LogP contribution in [0.4, 0.5) is 11.4 Å². The van der Waals surface area contributed by atoms with Crippen molar-refractivity contribution in [2.24, 2.45) is 5.10 Å². The molecule has 2 aromatic carbocycles. The van der Waals surface area contributed by atoms with E-state index in [0.29, 0.717) is 22.0 Å². The Morgan fingerprint density at radius 2 is 1.65 bits per heavy atom. The minimum absolute atomic E-state index is 0.127. The van der Waals surface area contributed by atoms with E-state index < -0.39 is 0 Å². The molecule has 0 fully saturated rings. The van der Waals surface area contributed by atoms with Crippen LogP contribution in [0.2, 0.25) is 5.02 Å². The lowest BCUT2D eigenvalue weighted by molar-refractivity contribution is -0.114. The van der Waals surface area contributed by atoms with Crippen LogP contribution in [-0.4, -0.2) is 24.7 Å². The second kappa shape index (κ2) is 7.75. The molecule has 134 valence electrons. The number of anilines is 2. The van der Waals surface area contributed by atoms with Crippen LogP contribution in [0.3, 0.4) is 0 Å². The maximum atomic E-state index is 12.8. The Bertz CT molecular complexity index is 850. The van der Waals surface area contributed by atoms with Gasteiger partial charge in [-0.1, -0.05) is 23.7 Å². The summed E-state index contributed by atoms with van der Waals surface area (Å²) in [7, 11) is 0. The molecule has 0 aromatic heterocycles. The average Bonchev–Trinajstić information content (AvgIpc) is 2.93. The predicted octanol–water partition coefficient (Wildman–Crippen LogP) is 4.99. The van der Waals surface area contributed by atoms with Gasteiger partial charge >= 0.3 is 0 Å². The minimum Gasteiger partial charge on any atom is -0.372 e. The number of hydrogen-bond acceptors (Lipinski definition) is 3. The van der Waals surface area contributed by atoms with Crippen molar-refractivity contribution in [3.05, 3.63) is 64.7 Å². The summed E-state index contributed by atoms with van der Waals surface area (Å²) in [6.07, 6.45) is 1.89. The highest BCUT2D eigenvalue weighted by Crippen LogP contribution is 2.26. The van der Waals surface area contributed by atoms with Gasteiger partial charge in [-0.2, -0.15) is 10.1 Å². The highest BCUT2D eigenvalue weighted by molar-refractivity contribution is 6.32. The fraction of sp³-hybridized carbons (Fsp3) is 0.238. The largest absolute Gasteiger partial charge is 0.372 e. The number of rotatable bonds is 5. The SMILES string of the molecule is CCN(CC)c1ccc(C=C2C(=O)N(c3ccc(Cl)cc3)N=C2C)cc1. The summed E-state index contributed by atoms with van der Waals surface area (Å²) < 4.78 is 0. The number of carbonyl (C=O) groups is 1. The summed E-state index contributed by atoms with van der Waals surface area (Å²) in [6, 6.07) is 15.3. The molecule has 1 heterocycles. The number of nitrogens with zero attached hydrogens (tertiary/aromatic N) is 3. The number of carbonyl (C=O) groups excluding carboxylic acids is 1. The van der Waals surface area contributed by atoms with E-state index in [-0.39, 0.29) is 5.91 Å². The van der Waals surface area contributed by atoms with Crippen LogP contribution in [0.15, 0.2) is 59.2 Å². The van der Waals surface area contributed by atoms with Gasteiger partial charge < -0.3 is 4.90 Å². The van der Waals surface area contributed by atoms with E-state index in [1.165, 1.54) is 10.7 Å². The number of halogens is 1. The van der Waals surface area contributed by atoms with Crippen molar-refractivity contribution >= 4 is 40.7 Å². The molecule has 0 aliphatic carbocycles. The molecule has 0 saturated heterocycles. The van der Waals surface area contributed by atoms with E-state index in [0.717, 1.165) is 18.7 Å². The Kier molecular flexibility index (Phi) is 5.43. The quantitative estimate of drug-likeness (QED) is 0.698. The van der Waals surface area contributed by atoms with Crippen molar-refractivity contribution in [1.82, 2.24) is 0 Å². The zero-order valence-corrected chi connectivity index (χ0v) is 16.0. The van der Waals surface area contributed by atoms with E-state index in [2.05, 4.69) is 36.0 Å². The lowest BCUT2D eigenvalue weighted by Crippen LogP contribution is -2.21. The molecule has 26 heavy (non-hydrogen) atoms. The first-order chi connectivity index (χ1) is 12.5. The lowest BCUT2D eigenvalue weighted by Gasteiger charge is -2.20. The van der Waals surface area contributed by atoms with E-state index in [1.807, 2.05) is 25.1 Å². The summed E-state index contributed by atoms with van der Waals surface area (Å²) in [5.41, 5.74) is 4.19. The van der Waals surface area contributed by atoms with E-state index in [9.17, 15) is 4.79 Å². The molecule has 5 heteroatoms. The third-order valence-corrected chi connectivity index (χ3v) is 4.72. The van der Waals surface area contributed by atoms with Crippen LogP contribution in [0.5, 0.6) is 0 Å². The lowest BCUT2D eigenvalue weighted by atomic mass is 10.1. The molecule has 0 radical (unpaired) electrons. The summed E-state index contributed by atoms with van der Waals surface area (Å²) in [6.45, 7) is 8.07. The Balaban J connectivity index is 1.84. The Hall–Kier alpha value is -2.59. The van der Waals surface area contributed by atoms with Crippen LogP contribution in [0.25, 0.3) is 6.08 Å². The smallest absolute Gasteiger partial charge is 0.280 e. The summed E-state index contributed by atoms with van der Waals surface area (Å²) >= 11 is 5.92. The molecule has 1 amide bonds. The Morgan fingerprint density at radius 3 is 2.23 bits per heavy atom. The van der Waals surface area contributed by atoms with Gasteiger partial charge in [0.25, 0.3) is 5.91 Å². The molecule has 0 N–H and O–H groups in total. The van der Waals surface area contributed by atoms with Gasteiger partial charge in [0.1, 0.15) is 0 Å². The van der Waals surface area contributed by atoms with Gasteiger partial charge in [-0.25, -0.2) is 0 Å². The molecule has 0 spiro atoms. The Morgan fingerprint density at radius 1 is 1.04 bits per heavy atom. The predicted molar refractivity (Wildman–Crippen MR) is 110 cm³/mol. The second-order valence-corrected chi connectivity index (χ2v) is 6.54. The molecule has 4 nitrogen and oxygen atoms in total. The van der Waals surface area contributed by atoms with Crippen molar-refractivity contribution in [3.8, 4) is 0 Å². The van der Waals surface area contributed by atoms with Crippen molar-refractivity contribution in [2.75, 3.05) is 23.0 Å². The minimum atomic E-state index is -0.127. The number of benzene rings is 2. The van der Waals surface area contributed by atoms with Gasteiger partial charge in [0.2, 0.25) is 0 Å². The van der Waals surface area contributed by atoms with Crippen molar-refractivity contribution in [1.29, 1.82) is 0 Å². The molecule has 0 bridgehead atoms. The Labute approximate surface area is 159 Å². The van der Waals surface area contributed by atoms with Crippen molar-refractivity contribution < 1.29 is 4.79 Å². The summed E-state index contributed by atoms with van der Waals surface area (Å²) in [5, 5.41) is 6.45. The number of hydrazone groups is 1. The third-order valence-electron chi connectivity index (χ3n) is 4.47. The van der Waals surface area contributed by atoms with E-state index >= 15 is 0 Å². The second-order valence-electron chi connectivity index (χ2n) is 6.10. The molecule has 0 unspecified atom stereocenters. The van der Waals surface area contributed by atoms with Gasteiger partial charge in [-0.15, -0.1) is 0 Å². The van der Waals surface area contributed by atoms with Gasteiger partial charge in [-0.05, 0) is 68.8 Å². The molecule has 2 aromatic rings. The summed E-state index contributed by atoms with van der Waals surface area (Å²) in [5.74, 6) is -0.127. The van der Waals surface area contributed by atoms with Crippen LogP contribution < -0.4 is 9.91 Å². The molecule has 1 aliphatic rings. The maximum absolute atomic E-state index is 12.8. The number of amides is 1. The topological polar surface area (TPSA) is 35.9 Å². The standard InChI is InChI=1S/C21H22ClN3O/c1-4-24(5-2)18-10-6-16(7-11-18)14-20-15(3)23-25(21(20)26)19-12-8-17(22)9-13-19/h6-14H,4-5H2,1-3H3. The first-order valence-corrected chi connectivity index (χ1v) is 9.13. The highest BCUT2D eigenvalue weighted by atomic mass is 35.5. The fourth-order valence-electron chi connectivity index (χ4n) is 2.98. The zero-order chi connectivity index (χ0) is 18.7. The average molecular weight is 368 g/mol. The van der Waals surface area contributed by atoms with Gasteiger partial charge in [-0.3, -0.25) is 4.79 Å². The first-order valence-electron chi connectivity index (χ1n) is 8.75. The van der Waals surface area contributed by atoms with Gasteiger partial charge in [0.15, 0.2) is 0 Å². The van der Waals surface area contributed by atoms with E-state index in [1.54, 1.807) is 24.3 Å². The van der Waals surface area contributed by atoms with Crippen LogP contribution in [0.1, 0.15) is 26.3 Å². The van der Waals surface area contributed by atoms with Gasteiger partial charge in [0.05, 0.1) is 17.0 Å². The molecular weight excluding hydrogens is 346 g/mol. The molecule has 0 saturated carbocycles. The molecule has 0 atom stereocenters. The van der Waals surface area contributed by atoms with E-state index in [4.69, 9.17) is 11.6 Å². The van der Waals surface area contributed by atoms with Crippen LogP contribution >= 0.6 is 11.6 Å². The van der Waals surface area contributed by atoms with Crippen LogP contribution in [-0.2, 0) is 4.79 Å². The highest BCUT2D eigenvalue weighted by Gasteiger charge is 2.28. The van der Waals surface area contributed by atoms with Gasteiger partial charge in [0, 0.05) is 23.8 Å². The number of hydrogen-bond donors (Lipinski definition) is 0. The fourth-order valence-corrected chi connectivity index (χ4v) is 3.10. The van der Waals surface area contributed by atoms with Crippen molar-refractivity contribution in [3.63, 3.8) is 0 Å². The molecular formula is C21H22ClN3O. The maximum Gasteiger partial charge on any atom is 0.280 e. The normalized spacial score (nSPS) is 15.5. The third kappa shape index (κ3) is 3.65.